The number of rotatable bonds is 6. The van der Waals surface area contributed by atoms with Gasteiger partial charge in [-0.2, -0.15) is 0 Å². The first-order valence-electron chi connectivity index (χ1n) is 9.20. The van der Waals surface area contributed by atoms with Crippen LogP contribution in [0.4, 0.5) is 5.69 Å². The van der Waals surface area contributed by atoms with Crippen LogP contribution in [0.15, 0.2) is 40.5 Å². The van der Waals surface area contributed by atoms with E-state index in [2.05, 4.69) is 14.7 Å². The van der Waals surface area contributed by atoms with Crippen LogP contribution in [0, 0.1) is 0 Å². The summed E-state index contributed by atoms with van der Waals surface area (Å²) >= 11 is 0. The third kappa shape index (κ3) is 4.60. The van der Waals surface area contributed by atoms with Crippen molar-refractivity contribution in [2.45, 2.75) is 45.1 Å². The minimum absolute atomic E-state index is 0.0248. The molecule has 1 aromatic carbocycles. The summed E-state index contributed by atoms with van der Waals surface area (Å²) in [6.45, 7) is 7.69. The van der Waals surface area contributed by atoms with Crippen molar-refractivity contribution in [3.05, 3.63) is 57.0 Å². The van der Waals surface area contributed by atoms with Gasteiger partial charge in [-0.05, 0) is 35.9 Å². The molecule has 3 N–H and O–H groups in total. The van der Waals surface area contributed by atoms with Crippen molar-refractivity contribution >= 4 is 21.6 Å². The van der Waals surface area contributed by atoms with Gasteiger partial charge in [-0.1, -0.05) is 49.7 Å². The van der Waals surface area contributed by atoms with Gasteiger partial charge in [-0.15, -0.1) is 0 Å². The third-order valence-electron chi connectivity index (χ3n) is 5.07. The average Bonchev–Trinajstić information content (AvgIpc) is 2.60. The summed E-state index contributed by atoms with van der Waals surface area (Å²) < 4.78 is 32.1. The number of hydrogen-bond acceptors (Lipinski definition) is 5. The molecule has 1 atom stereocenters. The first kappa shape index (κ1) is 23.3. The average molecular weight is 434 g/mol. The molecule has 0 radical (unpaired) electrons. The standard InChI is InChI=1S/C20H27N5O4S/c1-12-7-8-13(18(21)26)11-20(12,24-25-22)15-9-14(19(2,3)4)10-16(17(15)29-5)23-30(6,27)28/h7-10,23H,11H2,1-6H3,(H2,21,26). The Kier molecular flexibility index (Phi) is 6.25. The second-order valence-electron chi connectivity index (χ2n) is 8.36. The Morgan fingerprint density at radius 2 is 1.97 bits per heavy atom. The molecule has 0 aromatic heterocycles. The Bertz CT molecular complexity index is 1090. The number of nitrogens with zero attached hydrogens (tertiary/aromatic N) is 3. The monoisotopic (exact) mass is 433 g/mol. The minimum atomic E-state index is -3.62. The molecule has 0 saturated carbocycles. The number of amides is 1. The number of allylic oxidation sites excluding steroid dienone is 2. The zero-order chi connectivity index (χ0) is 22.9. The van der Waals surface area contributed by atoms with Crippen LogP contribution in [0.1, 0.15) is 45.2 Å². The number of anilines is 1. The predicted molar refractivity (Wildman–Crippen MR) is 117 cm³/mol. The van der Waals surface area contributed by atoms with Crippen molar-refractivity contribution in [1.29, 1.82) is 0 Å². The van der Waals surface area contributed by atoms with Crippen LogP contribution < -0.4 is 15.2 Å². The number of carbonyl (C=O) groups is 1. The molecule has 0 fully saturated rings. The smallest absolute Gasteiger partial charge is 0.244 e. The molecule has 1 aliphatic carbocycles. The lowest BCUT2D eigenvalue weighted by Gasteiger charge is -2.36. The number of nitrogens with one attached hydrogen (secondary N) is 1. The van der Waals surface area contributed by atoms with Gasteiger partial charge in [-0.3, -0.25) is 9.52 Å². The molecule has 1 unspecified atom stereocenters. The second kappa shape index (κ2) is 8.04. The highest BCUT2D eigenvalue weighted by molar-refractivity contribution is 7.92. The molecular formula is C20H27N5O4S. The lowest BCUT2D eigenvalue weighted by molar-refractivity contribution is -0.114. The summed E-state index contributed by atoms with van der Waals surface area (Å²) in [6, 6.07) is 3.52. The number of hydrogen-bond donors (Lipinski definition) is 2. The SMILES string of the molecule is COc1c(NS(C)(=O)=O)cc(C(C)(C)C)cc1C1(N=[N+]=[N-])CC(C(N)=O)=CC=C1C. The van der Waals surface area contributed by atoms with E-state index in [1.807, 2.05) is 26.8 Å². The van der Waals surface area contributed by atoms with E-state index >= 15 is 0 Å². The van der Waals surface area contributed by atoms with Crippen LogP contribution in [-0.2, 0) is 25.8 Å². The number of methoxy groups -OCH3 is 1. The molecule has 1 aromatic rings. The van der Waals surface area contributed by atoms with Crippen LogP contribution in [0.5, 0.6) is 5.75 Å². The van der Waals surface area contributed by atoms with Crippen molar-refractivity contribution in [3.8, 4) is 5.75 Å². The lowest BCUT2D eigenvalue weighted by Crippen LogP contribution is -2.32. The molecule has 30 heavy (non-hydrogen) atoms. The number of ether oxygens (including phenoxy) is 1. The van der Waals surface area contributed by atoms with Crippen molar-refractivity contribution in [1.82, 2.24) is 0 Å². The van der Waals surface area contributed by atoms with Crippen LogP contribution >= 0.6 is 0 Å². The Balaban J connectivity index is 2.96. The second-order valence-corrected chi connectivity index (χ2v) is 10.1. The largest absolute Gasteiger partial charge is 0.494 e. The Morgan fingerprint density at radius 1 is 1.33 bits per heavy atom. The Hall–Kier alpha value is -2.97. The summed E-state index contributed by atoms with van der Waals surface area (Å²) in [5, 5.41) is 4.07. The molecular weight excluding hydrogens is 406 g/mol. The zero-order valence-corrected chi connectivity index (χ0v) is 18.8. The van der Waals surface area contributed by atoms with Gasteiger partial charge in [0.1, 0.15) is 11.3 Å². The number of primary amides is 1. The van der Waals surface area contributed by atoms with E-state index in [0.717, 1.165) is 11.8 Å². The molecule has 0 heterocycles. The summed E-state index contributed by atoms with van der Waals surface area (Å²) in [6.07, 6.45) is 4.33. The highest BCUT2D eigenvalue weighted by Gasteiger charge is 2.41. The molecule has 0 spiro atoms. The van der Waals surface area contributed by atoms with Gasteiger partial charge in [0.25, 0.3) is 0 Å². The number of carbonyl (C=O) groups excluding carboxylic acids is 1. The van der Waals surface area contributed by atoms with Crippen LogP contribution in [-0.4, -0.2) is 27.7 Å². The van der Waals surface area contributed by atoms with E-state index in [9.17, 15) is 18.7 Å². The summed E-state index contributed by atoms with van der Waals surface area (Å²) in [4.78, 5) is 14.9. The zero-order valence-electron chi connectivity index (χ0n) is 18.0. The van der Waals surface area contributed by atoms with Gasteiger partial charge >= 0.3 is 0 Å². The Morgan fingerprint density at radius 3 is 2.43 bits per heavy atom. The fourth-order valence-corrected chi connectivity index (χ4v) is 3.97. The third-order valence-corrected chi connectivity index (χ3v) is 5.66. The normalized spacial score (nSPS) is 19.3. The van der Waals surface area contributed by atoms with Gasteiger partial charge in [0.15, 0.2) is 0 Å². The van der Waals surface area contributed by atoms with E-state index < -0.39 is 21.5 Å². The van der Waals surface area contributed by atoms with E-state index in [1.54, 1.807) is 25.1 Å². The predicted octanol–water partition coefficient (Wildman–Crippen LogP) is 3.63. The highest BCUT2D eigenvalue weighted by atomic mass is 32.2. The number of benzene rings is 1. The van der Waals surface area contributed by atoms with Gasteiger partial charge in [-0.25, -0.2) is 8.42 Å². The summed E-state index contributed by atoms with van der Waals surface area (Å²) in [5.74, 6) is -0.420. The van der Waals surface area contributed by atoms with E-state index in [-0.39, 0.29) is 28.8 Å². The molecule has 0 aliphatic heterocycles. The van der Waals surface area contributed by atoms with E-state index in [0.29, 0.717) is 11.1 Å². The van der Waals surface area contributed by atoms with Crippen LogP contribution in [0.2, 0.25) is 0 Å². The molecule has 2 rings (SSSR count). The van der Waals surface area contributed by atoms with Crippen molar-refractivity contribution < 1.29 is 17.9 Å². The first-order chi connectivity index (χ1) is 13.7. The molecule has 1 aliphatic rings. The van der Waals surface area contributed by atoms with Crippen LogP contribution in [0.25, 0.3) is 10.4 Å². The molecule has 162 valence electrons. The molecule has 0 saturated heterocycles. The summed E-state index contributed by atoms with van der Waals surface area (Å²) in [5.41, 5.74) is 15.6. The Labute approximate surface area is 176 Å². The molecule has 1 amide bonds. The number of sulfonamides is 1. The van der Waals surface area contributed by atoms with Gasteiger partial charge in [0, 0.05) is 16.0 Å². The van der Waals surface area contributed by atoms with E-state index in [4.69, 9.17) is 10.5 Å². The maximum atomic E-state index is 12.0. The maximum Gasteiger partial charge on any atom is 0.244 e. The first-order valence-corrected chi connectivity index (χ1v) is 11.1. The van der Waals surface area contributed by atoms with Crippen molar-refractivity contribution in [2.24, 2.45) is 10.8 Å². The quantitative estimate of drug-likeness (QED) is 0.400. The van der Waals surface area contributed by atoms with Crippen LogP contribution in [0.3, 0.4) is 0 Å². The maximum absolute atomic E-state index is 12.0. The van der Waals surface area contributed by atoms with Gasteiger partial charge < -0.3 is 10.5 Å². The molecule has 0 bridgehead atoms. The van der Waals surface area contributed by atoms with Crippen molar-refractivity contribution in [2.75, 3.05) is 18.1 Å². The minimum Gasteiger partial charge on any atom is -0.494 e. The van der Waals surface area contributed by atoms with E-state index in [1.165, 1.54) is 7.11 Å². The molecule has 10 heteroatoms. The summed E-state index contributed by atoms with van der Waals surface area (Å²) in [7, 11) is -2.22. The van der Waals surface area contributed by atoms with Gasteiger partial charge in [0.2, 0.25) is 15.9 Å². The number of azide groups is 1. The lowest BCUT2D eigenvalue weighted by atomic mass is 9.73. The topological polar surface area (TPSA) is 147 Å². The fraction of sp³-hybridized carbons (Fsp3) is 0.450. The molecule has 9 nitrogen and oxygen atoms in total. The van der Waals surface area contributed by atoms with Crippen molar-refractivity contribution in [3.63, 3.8) is 0 Å². The fourth-order valence-electron chi connectivity index (χ4n) is 3.42. The number of nitrogens with two attached hydrogens (primary N) is 1. The van der Waals surface area contributed by atoms with Gasteiger partial charge in [0.05, 0.1) is 19.1 Å². The highest BCUT2D eigenvalue weighted by Crippen LogP contribution is 2.49.